The maximum atomic E-state index is 12.7. The van der Waals surface area contributed by atoms with Gasteiger partial charge in [0.15, 0.2) is 0 Å². The number of aliphatic hydroxyl groups is 1. The largest absolute Gasteiger partial charge is 0.372 e. The molecule has 0 unspecified atom stereocenters. The van der Waals surface area contributed by atoms with Crippen molar-refractivity contribution in [1.29, 1.82) is 0 Å². The van der Waals surface area contributed by atoms with Crippen molar-refractivity contribution in [3.8, 4) is 0 Å². The molecule has 1 aliphatic heterocycles. The Labute approximate surface area is 222 Å². The van der Waals surface area contributed by atoms with E-state index in [4.69, 9.17) is 0 Å². The van der Waals surface area contributed by atoms with E-state index in [1.807, 2.05) is 39.0 Å². The van der Waals surface area contributed by atoms with Crippen molar-refractivity contribution in [1.82, 2.24) is 25.7 Å². The van der Waals surface area contributed by atoms with Crippen LogP contribution in [0.25, 0.3) is 10.9 Å². The first-order valence-electron chi connectivity index (χ1n) is 11.8. The van der Waals surface area contributed by atoms with Crippen molar-refractivity contribution < 1.29 is 19.5 Å². The van der Waals surface area contributed by atoms with E-state index in [0.29, 0.717) is 23.8 Å². The monoisotopic (exact) mass is 540 g/mol. The number of nitrogens with one attached hydrogen (secondary N) is 3. The normalized spacial score (nSPS) is 20.9. The van der Waals surface area contributed by atoms with Crippen LogP contribution < -0.4 is 16.1 Å². The Hall–Kier alpha value is -2.53. The van der Waals surface area contributed by atoms with E-state index in [1.54, 1.807) is 0 Å². The minimum Gasteiger partial charge on any atom is -0.372 e. The Balaban J connectivity index is 0.00000228. The van der Waals surface area contributed by atoms with Gasteiger partial charge in [-0.2, -0.15) is 0 Å². The molecule has 1 saturated heterocycles. The summed E-state index contributed by atoms with van der Waals surface area (Å²) >= 11 is 0. The molecule has 10 nitrogen and oxygen atoms in total. The summed E-state index contributed by atoms with van der Waals surface area (Å²) in [5, 5.41) is 17.9. The molecule has 36 heavy (non-hydrogen) atoms. The molecule has 2 aliphatic rings. The highest BCUT2D eigenvalue weighted by Gasteiger charge is 2.58. The lowest BCUT2D eigenvalue weighted by Crippen LogP contribution is -2.75. The molecule has 0 bridgehead atoms. The SMILES string of the molecule is Cc1ccc2nc(C(=O)NCC(C)C)nc(N[C@H]3CCCC[C@H]3NN3C(=O)C(C)(O)C3=O)c2c1.Cl.Cl. The summed E-state index contributed by atoms with van der Waals surface area (Å²) < 4.78 is 0. The lowest BCUT2D eigenvalue weighted by Gasteiger charge is -2.44. The number of imide groups is 1. The molecule has 2 aromatic rings. The van der Waals surface area contributed by atoms with E-state index in [2.05, 4.69) is 26.0 Å². The zero-order chi connectivity index (χ0) is 24.6. The van der Waals surface area contributed by atoms with E-state index in [9.17, 15) is 19.5 Å². The molecule has 3 amide bonds. The van der Waals surface area contributed by atoms with Crippen LogP contribution in [0.15, 0.2) is 18.2 Å². The van der Waals surface area contributed by atoms with Crippen molar-refractivity contribution in [2.45, 2.75) is 71.1 Å². The van der Waals surface area contributed by atoms with Gasteiger partial charge in [-0.15, -0.1) is 24.8 Å². The Morgan fingerprint density at radius 1 is 1.14 bits per heavy atom. The predicted octanol–water partition coefficient (Wildman–Crippen LogP) is 2.52. The van der Waals surface area contributed by atoms with Crippen molar-refractivity contribution >= 4 is 59.3 Å². The number of β-lactam (4-membered cyclic amide) rings is 2. The van der Waals surface area contributed by atoms with Gasteiger partial charge in [-0.25, -0.2) is 20.4 Å². The van der Waals surface area contributed by atoms with Gasteiger partial charge in [-0.1, -0.05) is 38.3 Å². The number of aromatic nitrogens is 2. The molecule has 0 radical (unpaired) electrons. The van der Waals surface area contributed by atoms with Gasteiger partial charge in [-0.3, -0.25) is 14.4 Å². The number of benzene rings is 1. The summed E-state index contributed by atoms with van der Waals surface area (Å²) in [5.41, 5.74) is 2.72. The number of rotatable bonds is 7. The number of nitrogens with zero attached hydrogens (tertiary/aromatic N) is 3. The van der Waals surface area contributed by atoms with Crippen molar-refractivity contribution in [3.63, 3.8) is 0 Å². The summed E-state index contributed by atoms with van der Waals surface area (Å²) in [4.78, 5) is 46.1. The number of fused-ring (bicyclic) bond motifs is 1. The Morgan fingerprint density at radius 3 is 2.42 bits per heavy atom. The first-order chi connectivity index (χ1) is 16.1. The van der Waals surface area contributed by atoms with Crippen LogP contribution in [0, 0.1) is 12.8 Å². The third-order valence-corrected chi connectivity index (χ3v) is 6.35. The van der Waals surface area contributed by atoms with Crippen LogP contribution in [-0.4, -0.2) is 62.0 Å². The quantitative estimate of drug-likeness (QED) is 0.310. The maximum Gasteiger partial charge on any atom is 0.289 e. The summed E-state index contributed by atoms with van der Waals surface area (Å²) in [6, 6.07) is 5.40. The number of carbonyl (C=O) groups is 3. The molecule has 2 heterocycles. The van der Waals surface area contributed by atoms with Gasteiger partial charge in [-0.05, 0) is 44.7 Å². The van der Waals surface area contributed by atoms with Crippen molar-refractivity contribution in [2.75, 3.05) is 11.9 Å². The summed E-state index contributed by atoms with van der Waals surface area (Å²) in [5.74, 6) is -0.731. The molecule has 198 valence electrons. The number of halogens is 2. The van der Waals surface area contributed by atoms with Crippen molar-refractivity contribution in [2.24, 2.45) is 5.92 Å². The molecular weight excluding hydrogens is 507 g/mol. The average molecular weight is 541 g/mol. The first-order valence-corrected chi connectivity index (χ1v) is 11.8. The smallest absolute Gasteiger partial charge is 0.289 e. The molecule has 12 heteroatoms. The second-order valence-corrected chi connectivity index (χ2v) is 9.81. The van der Waals surface area contributed by atoms with Gasteiger partial charge in [0, 0.05) is 24.0 Å². The lowest BCUT2D eigenvalue weighted by atomic mass is 9.89. The second-order valence-electron chi connectivity index (χ2n) is 9.81. The van der Waals surface area contributed by atoms with Crippen LogP contribution in [0.1, 0.15) is 62.6 Å². The van der Waals surface area contributed by atoms with Gasteiger partial charge in [0.05, 0.1) is 5.52 Å². The fraction of sp³-hybridized carbons (Fsp3) is 0.542. The topological polar surface area (TPSA) is 137 Å². The van der Waals surface area contributed by atoms with Gasteiger partial charge in [0.1, 0.15) is 5.82 Å². The van der Waals surface area contributed by atoms with Crippen LogP contribution in [0.4, 0.5) is 5.82 Å². The molecule has 1 aromatic heterocycles. The van der Waals surface area contributed by atoms with E-state index >= 15 is 0 Å². The van der Waals surface area contributed by atoms with Gasteiger partial charge >= 0.3 is 0 Å². The number of hydrazine groups is 1. The van der Waals surface area contributed by atoms with Crippen molar-refractivity contribution in [3.05, 3.63) is 29.6 Å². The molecule has 1 aromatic carbocycles. The number of anilines is 1. The molecule has 4 N–H and O–H groups in total. The minimum atomic E-state index is -1.97. The number of hydrogen-bond acceptors (Lipinski definition) is 8. The number of aryl methyl sites for hydroxylation is 1. The molecule has 0 spiro atoms. The third kappa shape index (κ3) is 5.88. The highest BCUT2D eigenvalue weighted by atomic mass is 35.5. The minimum absolute atomic E-state index is 0. The van der Waals surface area contributed by atoms with E-state index < -0.39 is 17.4 Å². The van der Waals surface area contributed by atoms with Crippen LogP contribution in [0.3, 0.4) is 0 Å². The van der Waals surface area contributed by atoms with Gasteiger partial charge in [0.2, 0.25) is 11.4 Å². The molecule has 1 aliphatic carbocycles. The third-order valence-electron chi connectivity index (χ3n) is 6.35. The van der Waals surface area contributed by atoms with Crippen LogP contribution >= 0.6 is 24.8 Å². The number of carbonyl (C=O) groups excluding carboxylic acids is 3. The molecule has 1 saturated carbocycles. The zero-order valence-corrected chi connectivity index (χ0v) is 22.5. The second kappa shape index (κ2) is 11.7. The van der Waals surface area contributed by atoms with Gasteiger partial charge in [0.25, 0.3) is 17.7 Å². The predicted molar refractivity (Wildman–Crippen MR) is 141 cm³/mol. The molecule has 2 atom stereocenters. The van der Waals surface area contributed by atoms with E-state index in [0.717, 1.165) is 41.6 Å². The van der Waals surface area contributed by atoms with Gasteiger partial charge < -0.3 is 15.7 Å². The summed E-state index contributed by atoms with van der Waals surface area (Å²) in [6.07, 6.45) is 3.44. The number of hydrogen-bond donors (Lipinski definition) is 4. The van der Waals surface area contributed by atoms with E-state index in [-0.39, 0.29) is 48.6 Å². The Morgan fingerprint density at radius 2 is 1.78 bits per heavy atom. The lowest BCUT2D eigenvalue weighted by molar-refractivity contribution is -0.192. The highest BCUT2D eigenvalue weighted by molar-refractivity contribution is 6.23. The first kappa shape index (κ1) is 29.7. The van der Waals surface area contributed by atoms with Crippen LogP contribution in [0.5, 0.6) is 0 Å². The Kier molecular flexibility index (Phi) is 9.64. The molecule has 4 rings (SSSR count). The highest BCUT2D eigenvalue weighted by Crippen LogP contribution is 2.29. The molecule has 2 fully saturated rings. The van der Waals surface area contributed by atoms with Crippen LogP contribution in [0.2, 0.25) is 0 Å². The molecular formula is C24H34Cl2N6O4. The fourth-order valence-electron chi connectivity index (χ4n) is 4.31. The fourth-order valence-corrected chi connectivity index (χ4v) is 4.31. The standard InChI is InChI=1S/C24H32N6O4.2ClH/c1-13(2)12-25-21(31)20-26-16-10-9-14(3)11-15(16)19(28-20)27-17-7-5-6-8-18(17)29-30-22(32)24(4,34)23(30)33;;/h9-11,13,17-18,29,34H,5-8,12H2,1-4H3,(H,25,31)(H,26,27,28);2*1H/t17-,18+;;/m0../s1. The maximum absolute atomic E-state index is 12.7. The van der Waals surface area contributed by atoms with E-state index in [1.165, 1.54) is 6.92 Å². The number of amides is 3. The summed E-state index contributed by atoms with van der Waals surface area (Å²) in [6.45, 7) is 7.73. The van der Waals surface area contributed by atoms with Crippen LogP contribution in [-0.2, 0) is 9.59 Å². The Bertz CT molecular complexity index is 1130. The zero-order valence-electron chi connectivity index (χ0n) is 20.8. The summed E-state index contributed by atoms with van der Waals surface area (Å²) in [7, 11) is 0. The average Bonchev–Trinajstić information content (AvgIpc) is 2.81.